The van der Waals surface area contributed by atoms with Crippen LogP contribution < -0.4 is 70.4 Å². The lowest BCUT2D eigenvalue weighted by atomic mass is 9.97. The van der Waals surface area contributed by atoms with Crippen LogP contribution in [0, 0.1) is 23.7 Å². The summed E-state index contributed by atoms with van der Waals surface area (Å²) in [6.07, 6.45) is -0.455. The third-order valence-corrected chi connectivity index (χ3v) is 14.9. The summed E-state index contributed by atoms with van der Waals surface area (Å²) < 4.78 is 0. The minimum Gasteiger partial charge on any atom is -0.508 e. The third-order valence-electron chi connectivity index (χ3n) is 14.9. The number of carbonyl (C=O) groups is 13. The molecule has 11 amide bonds. The van der Waals surface area contributed by atoms with Gasteiger partial charge in [-0.3, -0.25) is 57.5 Å². The van der Waals surface area contributed by atoms with Crippen LogP contribution in [0.1, 0.15) is 125 Å². The number of aromatic hydroxyl groups is 2. The number of rotatable bonds is 40. The molecule has 2 rings (SSSR count). The number of carboxylic acids is 2. The van der Waals surface area contributed by atoms with Crippen LogP contribution in [0.4, 0.5) is 0 Å². The summed E-state index contributed by atoms with van der Waals surface area (Å²) in [6, 6.07) is -2.54. The topological polar surface area (TPSA) is 501 Å². The molecule has 30 heteroatoms. The Hall–Kier alpha value is -8.93. The van der Waals surface area contributed by atoms with E-state index in [0.717, 1.165) is 0 Å². The van der Waals surface area contributed by atoms with Gasteiger partial charge < -0.3 is 90.8 Å². The summed E-state index contributed by atoms with van der Waals surface area (Å²) >= 11 is 0. The molecule has 2 aromatic rings. The van der Waals surface area contributed by atoms with E-state index in [4.69, 9.17) is 17.2 Å². The Morgan fingerprint density at radius 3 is 1.38 bits per heavy atom. The Kier molecular flexibility index (Phi) is 33.0. The molecular formula is C60H93N13O17. The molecular weight excluding hydrogens is 1170 g/mol. The normalized spacial score (nSPS) is 15.2. The van der Waals surface area contributed by atoms with Gasteiger partial charge in [-0.15, -0.1) is 0 Å². The zero-order valence-electron chi connectivity index (χ0n) is 52.5. The number of carbonyl (C=O) groups excluding carboxylic acids is 11. The Labute approximate surface area is 523 Å². The lowest BCUT2D eigenvalue weighted by Gasteiger charge is -2.29. The molecule has 0 aliphatic heterocycles. The van der Waals surface area contributed by atoms with Crippen LogP contribution >= 0.6 is 0 Å². The number of hydrogen-bond donors (Lipinski definition) is 17. The van der Waals surface area contributed by atoms with Crippen molar-refractivity contribution in [2.24, 2.45) is 40.9 Å². The number of nitrogens with one attached hydrogen (secondary N) is 10. The maximum absolute atomic E-state index is 14.1. The van der Waals surface area contributed by atoms with Gasteiger partial charge >= 0.3 is 11.9 Å². The number of benzene rings is 2. The first-order valence-corrected chi connectivity index (χ1v) is 30.0. The van der Waals surface area contributed by atoms with Gasteiger partial charge in [-0.05, 0) is 105 Å². The van der Waals surface area contributed by atoms with E-state index in [9.17, 15) is 82.8 Å². The van der Waals surface area contributed by atoms with Gasteiger partial charge in [0, 0.05) is 12.8 Å². The second-order valence-corrected chi connectivity index (χ2v) is 23.0. The van der Waals surface area contributed by atoms with Crippen LogP contribution in [0.2, 0.25) is 0 Å². The number of carboxylic acid groups (broad SMARTS) is 2. The van der Waals surface area contributed by atoms with Crippen molar-refractivity contribution in [3.05, 3.63) is 59.7 Å². The molecule has 500 valence electrons. The lowest BCUT2D eigenvalue weighted by Crippen LogP contribution is -2.61. The molecule has 0 saturated heterocycles. The first kappa shape index (κ1) is 77.2. The molecule has 20 N–H and O–H groups in total. The molecule has 90 heavy (non-hydrogen) atoms. The summed E-state index contributed by atoms with van der Waals surface area (Å²) in [7, 11) is 0. The van der Waals surface area contributed by atoms with Gasteiger partial charge in [-0.25, -0.2) is 4.79 Å². The number of phenols is 2. The number of nitrogens with two attached hydrogens (primary N) is 3. The molecule has 12 atom stereocenters. The SMILES string of the molecule is CCC(C)C(NC(=O)C(CCCCN)NC(=O)C(NC(=O)C(C)NC(=O)C(CCC(=O)O)NC(=O)C(NC(=O)CNC(=O)C(Cc1ccc(O)cc1)NC(=O)C(NC(=O)C(CC(N)=O)NC(=O)C(N)Cc1ccc(O)cc1)C(C)C)C(C)CC)C(C)C)C(=O)O. The number of hydrogen-bond acceptors (Lipinski definition) is 17. The molecule has 12 unspecified atom stereocenters. The second-order valence-electron chi connectivity index (χ2n) is 23.0. The van der Waals surface area contributed by atoms with Crippen molar-refractivity contribution in [3.63, 3.8) is 0 Å². The maximum Gasteiger partial charge on any atom is 0.326 e. The maximum atomic E-state index is 14.1. The van der Waals surface area contributed by atoms with E-state index in [-0.39, 0.29) is 43.7 Å². The molecule has 0 aliphatic carbocycles. The van der Waals surface area contributed by atoms with E-state index >= 15 is 0 Å². The predicted octanol–water partition coefficient (Wildman–Crippen LogP) is -1.93. The summed E-state index contributed by atoms with van der Waals surface area (Å²) in [4.78, 5) is 173. The Bertz CT molecular complexity index is 2790. The summed E-state index contributed by atoms with van der Waals surface area (Å²) in [5.74, 6) is -15.2. The molecule has 0 fully saturated rings. The average Bonchev–Trinajstić information content (AvgIpc) is 1.99. The van der Waals surface area contributed by atoms with E-state index in [0.29, 0.717) is 30.4 Å². The number of unbranched alkanes of at least 4 members (excludes halogenated alkanes) is 1. The fraction of sp³-hybridized carbons (Fsp3) is 0.583. The van der Waals surface area contributed by atoms with Gasteiger partial charge in [0.2, 0.25) is 65.0 Å². The van der Waals surface area contributed by atoms with Gasteiger partial charge in [-0.1, -0.05) is 92.5 Å². The second kappa shape index (κ2) is 38.5. The van der Waals surface area contributed by atoms with Crippen molar-refractivity contribution in [2.45, 2.75) is 187 Å². The molecule has 0 aromatic heterocycles. The molecule has 0 saturated carbocycles. The third kappa shape index (κ3) is 26.8. The van der Waals surface area contributed by atoms with E-state index in [2.05, 4.69) is 53.2 Å². The van der Waals surface area contributed by atoms with Crippen LogP contribution in [-0.4, -0.2) is 171 Å². The highest BCUT2D eigenvalue weighted by Crippen LogP contribution is 2.16. The zero-order valence-corrected chi connectivity index (χ0v) is 52.5. The monoisotopic (exact) mass is 1270 g/mol. The molecule has 30 nitrogen and oxygen atoms in total. The fourth-order valence-electron chi connectivity index (χ4n) is 8.96. The standard InChI is InChI=1S/C60H93N13O17/c1-10-32(7)49(59(88)67-41(23-24-46(78)79)54(83)65-34(9)51(80)71-47(30(3)4)57(86)66-40(14-12-13-25-61)55(84)73-50(60(89)90)33(8)11-2)70-45(77)29-64-53(82)42(27-36-17-21-38(75)22-18-36)69-58(87)48(31(5)6)72-56(85)43(28-44(63)76)68-52(81)39(62)26-35-15-19-37(74)20-16-35/h15-22,30-34,39-43,47-50,74-75H,10-14,23-29,61-62H2,1-9H3,(H2,63,76)(H,64,82)(H,65,83)(H,66,86)(H,67,88)(H,68,81)(H,69,87)(H,70,77)(H,71,80)(H,72,85)(H,73,84)(H,78,79)(H,89,90). The summed E-state index contributed by atoms with van der Waals surface area (Å²) in [5, 5.41) is 63.9. The van der Waals surface area contributed by atoms with Crippen molar-refractivity contribution >= 4 is 76.9 Å². The first-order chi connectivity index (χ1) is 42.2. The smallest absolute Gasteiger partial charge is 0.326 e. The predicted molar refractivity (Wildman–Crippen MR) is 327 cm³/mol. The Morgan fingerprint density at radius 2 is 0.900 bits per heavy atom. The highest BCUT2D eigenvalue weighted by Gasteiger charge is 2.37. The number of aliphatic carboxylic acids is 2. The van der Waals surface area contributed by atoms with Crippen molar-refractivity contribution < 1.29 is 82.8 Å². The first-order valence-electron chi connectivity index (χ1n) is 30.0. The van der Waals surface area contributed by atoms with Gasteiger partial charge in [0.1, 0.15) is 65.9 Å². The van der Waals surface area contributed by atoms with Gasteiger partial charge in [0.15, 0.2) is 0 Å². The van der Waals surface area contributed by atoms with E-state index in [1.54, 1.807) is 55.4 Å². The van der Waals surface area contributed by atoms with Crippen LogP contribution in [-0.2, 0) is 75.2 Å². The molecule has 2 aromatic carbocycles. The lowest BCUT2D eigenvalue weighted by molar-refractivity contribution is -0.144. The largest absolute Gasteiger partial charge is 0.508 e. The van der Waals surface area contributed by atoms with Crippen molar-refractivity contribution in [3.8, 4) is 11.5 Å². The van der Waals surface area contributed by atoms with Crippen LogP contribution in [0.25, 0.3) is 0 Å². The minimum absolute atomic E-state index is 0.0194. The number of phenolic OH excluding ortho intramolecular Hbond substituents is 2. The van der Waals surface area contributed by atoms with E-state index in [1.165, 1.54) is 55.5 Å². The zero-order chi connectivity index (χ0) is 68.1. The number of amides is 11. The van der Waals surface area contributed by atoms with Gasteiger partial charge in [0.05, 0.1) is 19.0 Å². The van der Waals surface area contributed by atoms with Gasteiger partial charge in [-0.2, -0.15) is 0 Å². The van der Waals surface area contributed by atoms with Crippen molar-refractivity contribution in [1.29, 1.82) is 0 Å². The number of primary amides is 1. The summed E-state index contributed by atoms with van der Waals surface area (Å²) in [6.45, 7) is 13.7. The van der Waals surface area contributed by atoms with E-state index in [1.807, 2.05) is 0 Å². The summed E-state index contributed by atoms with van der Waals surface area (Å²) in [5.41, 5.74) is 18.2. The molecule has 0 radical (unpaired) electrons. The van der Waals surface area contributed by atoms with Crippen LogP contribution in [0.3, 0.4) is 0 Å². The Morgan fingerprint density at radius 1 is 0.467 bits per heavy atom. The van der Waals surface area contributed by atoms with E-state index < -0.39 is 187 Å². The van der Waals surface area contributed by atoms with Gasteiger partial charge in [0.25, 0.3) is 0 Å². The highest BCUT2D eigenvalue weighted by atomic mass is 16.4. The van der Waals surface area contributed by atoms with Crippen LogP contribution in [0.15, 0.2) is 48.5 Å². The fourth-order valence-corrected chi connectivity index (χ4v) is 8.96. The molecule has 0 heterocycles. The molecule has 0 spiro atoms. The average molecular weight is 1270 g/mol. The minimum atomic E-state index is -1.62. The van der Waals surface area contributed by atoms with Crippen molar-refractivity contribution in [2.75, 3.05) is 13.1 Å². The highest BCUT2D eigenvalue weighted by molar-refractivity contribution is 5.99. The van der Waals surface area contributed by atoms with Crippen LogP contribution in [0.5, 0.6) is 11.5 Å². The Balaban J connectivity index is 2.30. The van der Waals surface area contributed by atoms with Crippen molar-refractivity contribution in [1.82, 2.24) is 53.2 Å². The molecule has 0 aliphatic rings. The quantitative estimate of drug-likeness (QED) is 0.0323. The molecule has 0 bridgehead atoms.